The molecule has 10 heteroatoms. The summed E-state index contributed by atoms with van der Waals surface area (Å²) in [6.07, 6.45) is 3.41. The lowest BCUT2D eigenvalue weighted by Crippen LogP contribution is -2.32. The summed E-state index contributed by atoms with van der Waals surface area (Å²) in [7, 11) is 1.91. The van der Waals surface area contributed by atoms with E-state index in [1.54, 1.807) is 12.3 Å². The first-order valence-electron chi connectivity index (χ1n) is 9.86. The highest BCUT2D eigenvalue weighted by molar-refractivity contribution is 5.90. The number of imidazole rings is 1. The Labute approximate surface area is 175 Å². The number of cyclic esters (lactones) is 1. The Morgan fingerprint density at radius 3 is 2.80 bits per heavy atom. The Bertz CT molecular complexity index is 844. The predicted octanol–water partition coefficient (Wildman–Crippen LogP) is 2.11. The number of benzene rings is 1. The molecule has 3 N–H and O–H groups in total. The van der Waals surface area contributed by atoms with Crippen LogP contribution < -0.4 is 15.1 Å². The van der Waals surface area contributed by atoms with E-state index in [9.17, 15) is 9.18 Å². The van der Waals surface area contributed by atoms with Crippen LogP contribution >= 0.6 is 0 Å². The molecule has 1 aliphatic rings. The monoisotopic (exact) mass is 420 g/mol. The summed E-state index contributed by atoms with van der Waals surface area (Å²) in [6.45, 7) is 5.37. The lowest BCUT2D eigenvalue weighted by molar-refractivity contribution is 0.0963. The highest BCUT2D eigenvalue weighted by Gasteiger charge is 2.32. The van der Waals surface area contributed by atoms with E-state index in [0.717, 1.165) is 12.2 Å². The van der Waals surface area contributed by atoms with Crippen molar-refractivity contribution in [3.05, 3.63) is 42.2 Å². The van der Waals surface area contributed by atoms with Crippen molar-refractivity contribution >= 4 is 23.8 Å². The molecule has 0 radical (unpaired) electrons. The summed E-state index contributed by atoms with van der Waals surface area (Å²) in [5.41, 5.74) is 0.587. The number of nitrogens with one attached hydrogen (secondary N) is 2. The second-order valence-electron chi connectivity index (χ2n) is 6.39. The largest absolute Gasteiger partial charge is 0.441 e. The fourth-order valence-electron chi connectivity index (χ4n) is 2.95. The molecule has 2 aromatic rings. The van der Waals surface area contributed by atoms with Gasteiger partial charge in [0.05, 0.1) is 37.4 Å². The molecule has 1 aliphatic heterocycles. The lowest BCUT2D eigenvalue weighted by Gasteiger charge is -2.21. The van der Waals surface area contributed by atoms with Crippen LogP contribution in [0.1, 0.15) is 19.7 Å². The Hall–Kier alpha value is -2.98. The summed E-state index contributed by atoms with van der Waals surface area (Å²) in [5, 5.41) is 19.9. The number of hydrogen-bond donors (Lipinski definition) is 3. The number of aromatic nitrogens is 2. The van der Waals surface area contributed by atoms with Gasteiger partial charge in [-0.05, 0) is 18.2 Å². The second kappa shape index (κ2) is 11.3. The quantitative estimate of drug-likeness (QED) is 0.326. The zero-order chi connectivity index (χ0) is 22.1. The molecule has 1 aromatic carbocycles. The third kappa shape index (κ3) is 5.55. The number of carbonyl (C=O) groups excluding carboxylic acids is 1. The minimum absolute atomic E-state index is 0.166. The van der Waals surface area contributed by atoms with Gasteiger partial charge >= 0.3 is 6.09 Å². The lowest BCUT2D eigenvalue weighted by atomic mass is 10.2. The van der Waals surface area contributed by atoms with Crippen molar-refractivity contribution in [1.82, 2.24) is 14.9 Å². The van der Waals surface area contributed by atoms with Crippen molar-refractivity contribution in [2.24, 2.45) is 7.05 Å². The molecule has 1 aromatic heterocycles. The Balaban J connectivity index is 0.00000155. The smallest absolute Gasteiger partial charge is 0.414 e. The molecule has 9 nitrogen and oxygen atoms in total. The van der Waals surface area contributed by atoms with Crippen molar-refractivity contribution < 1.29 is 19.0 Å². The number of rotatable bonds is 9. The predicted molar refractivity (Wildman–Crippen MR) is 113 cm³/mol. The maximum Gasteiger partial charge on any atom is 0.414 e. The van der Waals surface area contributed by atoms with Crippen LogP contribution in [0.4, 0.5) is 20.6 Å². The van der Waals surface area contributed by atoms with E-state index < -0.39 is 18.0 Å². The Morgan fingerprint density at radius 1 is 1.47 bits per heavy atom. The maximum absolute atomic E-state index is 14.6. The number of aryl methyl sites for hydroxylation is 1. The van der Waals surface area contributed by atoms with E-state index in [2.05, 4.69) is 10.3 Å². The average Bonchev–Trinajstić information content (AvgIpc) is 3.35. The first-order chi connectivity index (χ1) is 14.5. The Kier molecular flexibility index (Phi) is 8.75. The molecule has 1 atom stereocenters. The van der Waals surface area contributed by atoms with Gasteiger partial charge in [-0.2, -0.15) is 0 Å². The molecule has 1 saturated heterocycles. The number of ether oxygens (including phenoxy) is 1. The normalized spacial score (nSPS) is 15.4. The first-order valence-corrected chi connectivity index (χ1v) is 9.86. The molecule has 0 aliphatic carbocycles. The van der Waals surface area contributed by atoms with Crippen LogP contribution in [0, 0.1) is 11.2 Å². The fraction of sp³-hybridized carbons (Fsp3) is 0.450. The average molecular weight is 420 g/mol. The van der Waals surface area contributed by atoms with Crippen LogP contribution in [0.15, 0.2) is 30.6 Å². The van der Waals surface area contributed by atoms with E-state index in [1.165, 1.54) is 21.9 Å². The second-order valence-corrected chi connectivity index (χ2v) is 6.39. The molecule has 0 bridgehead atoms. The topological polar surface area (TPSA) is 107 Å². The zero-order valence-electron chi connectivity index (χ0n) is 17.5. The molecular formula is C20H29FN6O3. The molecule has 0 saturated carbocycles. The molecule has 1 fully saturated rings. The highest BCUT2D eigenvalue weighted by Crippen LogP contribution is 2.27. The third-order valence-corrected chi connectivity index (χ3v) is 4.52. The summed E-state index contributed by atoms with van der Waals surface area (Å²) in [6, 6.07) is 4.35. The van der Waals surface area contributed by atoms with Gasteiger partial charge in [0.1, 0.15) is 17.7 Å². The van der Waals surface area contributed by atoms with Crippen LogP contribution in [0.5, 0.6) is 0 Å². The molecule has 164 valence electrons. The number of aliphatic hydroxyl groups excluding tert-OH is 1. The molecule has 1 amide bonds. The van der Waals surface area contributed by atoms with Crippen molar-refractivity contribution in [3.63, 3.8) is 0 Å². The van der Waals surface area contributed by atoms with Crippen molar-refractivity contribution in [2.75, 3.05) is 36.0 Å². The van der Waals surface area contributed by atoms with Gasteiger partial charge in [0.15, 0.2) is 0 Å². The number of halogens is 1. The summed E-state index contributed by atoms with van der Waals surface area (Å²) in [5.74, 6) is 0.334. The number of aliphatic hydroxyl groups is 1. The third-order valence-electron chi connectivity index (χ3n) is 4.52. The minimum Gasteiger partial charge on any atom is -0.441 e. The number of carbonyl (C=O) groups is 1. The van der Waals surface area contributed by atoms with E-state index in [-0.39, 0.29) is 18.8 Å². The molecule has 0 spiro atoms. The van der Waals surface area contributed by atoms with Crippen molar-refractivity contribution in [2.45, 2.75) is 26.5 Å². The van der Waals surface area contributed by atoms with Gasteiger partial charge in [0, 0.05) is 32.5 Å². The maximum atomic E-state index is 14.6. The van der Waals surface area contributed by atoms with Crippen molar-refractivity contribution in [1.29, 1.82) is 5.41 Å². The van der Waals surface area contributed by atoms with E-state index in [4.69, 9.17) is 15.3 Å². The first kappa shape index (κ1) is 23.3. The summed E-state index contributed by atoms with van der Waals surface area (Å²) < 4.78 is 21.5. The van der Waals surface area contributed by atoms with Gasteiger partial charge in [-0.3, -0.25) is 10.3 Å². The van der Waals surface area contributed by atoms with Crippen LogP contribution in [-0.2, 0) is 18.3 Å². The number of nitrogens with zero attached hydrogens (tertiary/aromatic N) is 4. The molecule has 3 rings (SSSR count). The van der Waals surface area contributed by atoms with Crippen LogP contribution in [0.25, 0.3) is 0 Å². The van der Waals surface area contributed by atoms with E-state index >= 15 is 0 Å². The standard InChI is InChI=1S/C18H23FN6O3.C2H6/c1-23-6-5-22-17(23)9-21-4-7-24(12-20)16-3-2-13(8-15(16)19)25-10-14(11-26)28-18(25)27;1-2/h2-3,5-6,8,12,14,20-21,26H,4,7,9-11H2,1H3;1-2H3. The SMILES string of the molecule is CC.Cn1ccnc1CNCCN(C=N)c1ccc(N2CC(CO)OC2=O)cc1F. The number of anilines is 2. The van der Waals surface area contributed by atoms with E-state index in [1.807, 2.05) is 31.7 Å². The van der Waals surface area contributed by atoms with Crippen LogP contribution in [0.3, 0.4) is 0 Å². The molecular weight excluding hydrogens is 391 g/mol. The fourth-order valence-corrected chi connectivity index (χ4v) is 2.95. The molecule has 1 unspecified atom stereocenters. The van der Waals surface area contributed by atoms with Gasteiger partial charge in [0.25, 0.3) is 0 Å². The van der Waals surface area contributed by atoms with Gasteiger partial charge in [-0.25, -0.2) is 14.2 Å². The van der Waals surface area contributed by atoms with Crippen molar-refractivity contribution in [3.8, 4) is 0 Å². The summed E-state index contributed by atoms with van der Waals surface area (Å²) >= 11 is 0. The van der Waals surface area contributed by atoms with Crippen LogP contribution in [-0.4, -0.2) is 59.4 Å². The highest BCUT2D eigenvalue weighted by atomic mass is 19.1. The van der Waals surface area contributed by atoms with E-state index in [0.29, 0.717) is 25.3 Å². The van der Waals surface area contributed by atoms with Gasteiger partial charge in [-0.15, -0.1) is 0 Å². The van der Waals surface area contributed by atoms with Gasteiger partial charge in [0.2, 0.25) is 0 Å². The van der Waals surface area contributed by atoms with Gasteiger partial charge in [-0.1, -0.05) is 13.8 Å². The number of hydrogen-bond acceptors (Lipinski definition) is 6. The van der Waals surface area contributed by atoms with Gasteiger partial charge < -0.3 is 24.6 Å². The van der Waals surface area contributed by atoms with Crippen LogP contribution in [0.2, 0.25) is 0 Å². The molecule has 2 heterocycles. The molecule has 30 heavy (non-hydrogen) atoms. The zero-order valence-corrected chi connectivity index (χ0v) is 17.5. The minimum atomic E-state index is -0.617. The summed E-state index contributed by atoms with van der Waals surface area (Å²) in [4.78, 5) is 18.8. The Morgan fingerprint density at radius 2 is 2.23 bits per heavy atom. The number of amides is 1.